The minimum atomic E-state index is -0.401. The van der Waals surface area contributed by atoms with Crippen LogP contribution in [0.15, 0.2) is 0 Å². The zero-order valence-electron chi connectivity index (χ0n) is 10.9. The monoisotopic (exact) mass is 257 g/mol. The number of hydrogen-bond donors (Lipinski definition) is 2. The second-order valence-electron chi connectivity index (χ2n) is 5.02. The fourth-order valence-corrected chi connectivity index (χ4v) is 2.82. The largest absolute Gasteiger partial charge is 0.467 e. The highest BCUT2D eigenvalue weighted by Gasteiger charge is 2.38. The molecule has 2 saturated heterocycles. The molecule has 0 bridgehead atoms. The van der Waals surface area contributed by atoms with Crippen molar-refractivity contribution in [3.8, 4) is 0 Å². The number of piperidine rings is 1. The molecule has 0 aliphatic carbocycles. The van der Waals surface area contributed by atoms with Gasteiger partial charge in [0.15, 0.2) is 6.04 Å². The Morgan fingerprint density at radius 3 is 2.56 bits per heavy atom. The van der Waals surface area contributed by atoms with Gasteiger partial charge in [-0.25, -0.2) is 4.79 Å². The van der Waals surface area contributed by atoms with Gasteiger partial charge in [0.05, 0.1) is 33.3 Å². The number of rotatable bonds is 2. The maximum absolute atomic E-state index is 12.5. The molecular formula is C12H23N3O3+2. The van der Waals surface area contributed by atoms with Crippen molar-refractivity contribution in [3.63, 3.8) is 0 Å². The Bertz CT molecular complexity index is 316. The van der Waals surface area contributed by atoms with Gasteiger partial charge in [-0.05, 0) is 0 Å². The van der Waals surface area contributed by atoms with Crippen LogP contribution >= 0.6 is 0 Å². The molecule has 1 amide bonds. The highest BCUT2D eigenvalue weighted by molar-refractivity contribution is 5.86. The minimum absolute atomic E-state index is 0.0975. The van der Waals surface area contributed by atoms with Gasteiger partial charge >= 0.3 is 5.97 Å². The van der Waals surface area contributed by atoms with E-state index in [4.69, 9.17) is 4.74 Å². The second-order valence-corrected chi connectivity index (χ2v) is 5.02. The molecule has 0 unspecified atom stereocenters. The van der Waals surface area contributed by atoms with Gasteiger partial charge in [-0.15, -0.1) is 0 Å². The van der Waals surface area contributed by atoms with Crippen molar-refractivity contribution >= 4 is 11.9 Å². The van der Waals surface area contributed by atoms with Gasteiger partial charge in [0.1, 0.15) is 6.54 Å². The third kappa shape index (κ3) is 2.81. The van der Waals surface area contributed by atoms with Crippen molar-refractivity contribution in [1.29, 1.82) is 0 Å². The lowest BCUT2D eigenvalue weighted by atomic mass is 9.95. The first-order chi connectivity index (χ1) is 8.74. The minimum Gasteiger partial charge on any atom is -0.467 e. The van der Waals surface area contributed by atoms with Crippen LogP contribution in [-0.2, 0) is 14.3 Å². The van der Waals surface area contributed by atoms with E-state index in [9.17, 15) is 9.59 Å². The molecule has 6 nitrogen and oxygen atoms in total. The predicted octanol–water partition coefficient (Wildman–Crippen LogP) is -3.09. The molecule has 6 heteroatoms. The number of methoxy groups -OCH3 is 1. The first-order valence-corrected chi connectivity index (χ1v) is 6.75. The molecule has 2 heterocycles. The van der Waals surface area contributed by atoms with Crippen LogP contribution in [0.1, 0.15) is 12.8 Å². The van der Waals surface area contributed by atoms with Crippen molar-refractivity contribution in [3.05, 3.63) is 0 Å². The lowest BCUT2D eigenvalue weighted by molar-refractivity contribution is -0.666. The topological polar surface area (TPSA) is 79.8 Å². The van der Waals surface area contributed by atoms with Gasteiger partial charge < -0.3 is 20.3 Å². The Hall–Kier alpha value is -1.14. The van der Waals surface area contributed by atoms with Crippen LogP contribution in [0.2, 0.25) is 0 Å². The number of esters is 1. The molecule has 1 atom stereocenters. The fraction of sp³-hybridized carbons (Fsp3) is 0.833. The molecule has 2 rings (SSSR count). The lowest BCUT2D eigenvalue weighted by Crippen LogP contribution is -2.92. The maximum atomic E-state index is 12.5. The van der Waals surface area contributed by atoms with E-state index in [0.717, 1.165) is 32.5 Å². The van der Waals surface area contributed by atoms with Crippen LogP contribution in [0.5, 0.6) is 0 Å². The maximum Gasteiger partial charge on any atom is 0.334 e. The summed E-state index contributed by atoms with van der Waals surface area (Å²) in [6.07, 6.45) is 1.85. The highest BCUT2D eigenvalue weighted by atomic mass is 16.5. The smallest absolute Gasteiger partial charge is 0.334 e. The summed E-state index contributed by atoms with van der Waals surface area (Å²) in [5.74, 6) is -0.0477. The molecule has 2 aliphatic heterocycles. The van der Waals surface area contributed by atoms with E-state index in [1.54, 1.807) is 4.90 Å². The van der Waals surface area contributed by atoms with Gasteiger partial charge in [-0.2, -0.15) is 0 Å². The molecule has 0 radical (unpaired) electrons. The summed E-state index contributed by atoms with van der Waals surface area (Å²) in [6, 6.07) is -0.401. The van der Waals surface area contributed by atoms with E-state index in [-0.39, 0.29) is 17.8 Å². The fourth-order valence-electron chi connectivity index (χ4n) is 2.82. The summed E-state index contributed by atoms with van der Waals surface area (Å²) in [4.78, 5) is 25.9. The number of ether oxygens (including phenoxy) is 1. The number of quaternary nitrogens is 2. The van der Waals surface area contributed by atoms with Crippen molar-refractivity contribution < 1.29 is 25.0 Å². The zero-order valence-corrected chi connectivity index (χ0v) is 10.9. The standard InChI is InChI=1S/C12H21N3O3/c1-18-12(17)10-8-14-6-7-15(10)11(16)9-2-4-13-5-3-9/h9-10,13-14H,2-8H2,1H3/p+2/t10-/m1/s1. The van der Waals surface area contributed by atoms with E-state index in [1.165, 1.54) is 7.11 Å². The number of carbonyl (C=O) groups excluding carboxylic acids is 2. The summed E-state index contributed by atoms with van der Waals surface area (Å²) < 4.78 is 4.80. The van der Waals surface area contributed by atoms with Crippen LogP contribution in [0.4, 0.5) is 0 Å². The zero-order chi connectivity index (χ0) is 13.0. The molecule has 18 heavy (non-hydrogen) atoms. The normalized spacial score (nSPS) is 25.8. The second kappa shape index (κ2) is 6.15. The molecular weight excluding hydrogens is 234 g/mol. The number of amides is 1. The molecule has 0 spiro atoms. The van der Waals surface area contributed by atoms with Crippen LogP contribution in [0.3, 0.4) is 0 Å². The van der Waals surface area contributed by atoms with Crippen molar-refractivity contribution in [2.24, 2.45) is 5.92 Å². The van der Waals surface area contributed by atoms with Crippen LogP contribution in [-0.4, -0.2) is 62.7 Å². The van der Waals surface area contributed by atoms with Crippen molar-refractivity contribution in [2.75, 3.05) is 39.8 Å². The third-order valence-electron chi connectivity index (χ3n) is 3.88. The van der Waals surface area contributed by atoms with E-state index in [0.29, 0.717) is 13.1 Å². The lowest BCUT2D eigenvalue weighted by Gasteiger charge is -2.35. The summed E-state index contributed by atoms with van der Waals surface area (Å²) in [5.41, 5.74) is 0. The summed E-state index contributed by atoms with van der Waals surface area (Å²) in [6.45, 7) is 4.17. The van der Waals surface area contributed by atoms with Crippen molar-refractivity contribution in [1.82, 2.24) is 4.90 Å². The Morgan fingerprint density at radius 2 is 1.89 bits per heavy atom. The van der Waals surface area contributed by atoms with E-state index < -0.39 is 6.04 Å². The number of hydrogen-bond acceptors (Lipinski definition) is 3. The van der Waals surface area contributed by atoms with Gasteiger partial charge in [-0.1, -0.05) is 0 Å². The first kappa shape index (κ1) is 13.3. The molecule has 2 fully saturated rings. The quantitative estimate of drug-likeness (QED) is 0.515. The van der Waals surface area contributed by atoms with E-state index in [2.05, 4.69) is 10.6 Å². The Morgan fingerprint density at radius 1 is 1.17 bits per heavy atom. The predicted molar refractivity (Wildman–Crippen MR) is 63.6 cm³/mol. The van der Waals surface area contributed by atoms with Crippen LogP contribution in [0, 0.1) is 5.92 Å². The number of carbonyl (C=O) groups is 2. The number of nitrogens with zero attached hydrogens (tertiary/aromatic N) is 1. The summed E-state index contributed by atoms with van der Waals surface area (Å²) in [7, 11) is 1.38. The van der Waals surface area contributed by atoms with Gasteiger partial charge in [0, 0.05) is 18.8 Å². The Balaban J connectivity index is 2.03. The van der Waals surface area contributed by atoms with Crippen LogP contribution in [0.25, 0.3) is 0 Å². The Kier molecular flexibility index (Phi) is 4.54. The van der Waals surface area contributed by atoms with E-state index >= 15 is 0 Å². The first-order valence-electron chi connectivity index (χ1n) is 6.75. The highest BCUT2D eigenvalue weighted by Crippen LogP contribution is 2.15. The van der Waals surface area contributed by atoms with Gasteiger partial charge in [0.25, 0.3) is 0 Å². The SMILES string of the molecule is COC(=O)[C@H]1C[NH2+]CCN1C(=O)C1CC[NH2+]CC1. The Labute approximate surface area is 107 Å². The molecule has 0 aromatic carbocycles. The molecule has 2 aliphatic rings. The molecule has 0 saturated carbocycles. The average Bonchev–Trinajstić information content (AvgIpc) is 2.46. The third-order valence-corrected chi connectivity index (χ3v) is 3.88. The molecule has 102 valence electrons. The van der Waals surface area contributed by atoms with E-state index in [1.807, 2.05) is 0 Å². The van der Waals surface area contributed by atoms with Gasteiger partial charge in [-0.3, -0.25) is 4.79 Å². The van der Waals surface area contributed by atoms with Crippen LogP contribution < -0.4 is 10.6 Å². The van der Waals surface area contributed by atoms with Crippen molar-refractivity contribution in [2.45, 2.75) is 18.9 Å². The number of nitrogens with two attached hydrogens (primary N) is 2. The summed E-state index contributed by atoms with van der Waals surface area (Å²) >= 11 is 0. The average molecular weight is 257 g/mol. The molecule has 4 N–H and O–H groups in total. The molecule has 0 aromatic heterocycles. The molecule has 0 aromatic rings. The number of piperazine rings is 1. The summed E-state index contributed by atoms with van der Waals surface area (Å²) in [5, 5.41) is 4.31. The van der Waals surface area contributed by atoms with Gasteiger partial charge in [0.2, 0.25) is 5.91 Å².